The van der Waals surface area contributed by atoms with Gasteiger partial charge in [0.05, 0.1) is 13.2 Å². The van der Waals surface area contributed by atoms with Crippen molar-refractivity contribution in [1.29, 1.82) is 0 Å². The molecule has 7 nitrogen and oxygen atoms in total. The first kappa shape index (κ1) is 21.0. The molecule has 0 aliphatic carbocycles. The summed E-state index contributed by atoms with van der Waals surface area (Å²) in [5.41, 5.74) is 2.43. The molecule has 1 aromatic carbocycles. The molecule has 1 aromatic heterocycles. The molecule has 0 bridgehead atoms. The van der Waals surface area contributed by atoms with Crippen LogP contribution in [0.5, 0.6) is 0 Å². The normalized spacial score (nSPS) is 14.9. The van der Waals surface area contributed by atoms with Crippen LogP contribution in [0, 0.1) is 0 Å². The molecule has 1 aliphatic heterocycles. The lowest BCUT2D eigenvalue weighted by Gasteiger charge is -2.36. The number of piperazine rings is 1. The van der Waals surface area contributed by atoms with E-state index in [1.807, 2.05) is 6.07 Å². The van der Waals surface area contributed by atoms with E-state index in [1.54, 1.807) is 12.4 Å². The summed E-state index contributed by atoms with van der Waals surface area (Å²) in [6.07, 6.45) is 4.62. The van der Waals surface area contributed by atoms with Crippen LogP contribution in [0.1, 0.15) is 31.4 Å². The smallest absolute Gasteiger partial charge is 0.225 e. The van der Waals surface area contributed by atoms with E-state index in [4.69, 9.17) is 9.73 Å². The van der Waals surface area contributed by atoms with Gasteiger partial charge in [-0.15, -0.1) is 0 Å². The summed E-state index contributed by atoms with van der Waals surface area (Å²) in [6, 6.07) is 10.3. The Balaban J connectivity index is 1.62. The fraction of sp³-hybridized carbons (Fsp3) is 0.500. The first-order valence-electron chi connectivity index (χ1n) is 10.5. The van der Waals surface area contributed by atoms with Crippen LogP contribution in [0.15, 0.2) is 47.7 Å². The van der Waals surface area contributed by atoms with Crippen molar-refractivity contribution in [3.8, 4) is 0 Å². The van der Waals surface area contributed by atoms with Crippen LogP contribution in [0.3, 0.4) is 0 Å². The van der Waals surface area contributed by atoms with Gasteiger partial charge in [0.25, 0.3) is 0 Å². The molecule has 0 atom stereocenters. The van der Waals surface area contributed by atoms with Crippen LogP contribution >= 0.6 is 0 Å². The molecule has 7 heteroatoms. The van der Waals surface area contributed by atoms with Crippen molar-refractivity contribution in [2.45, 2.75) is 33.4 Å². The molecule has 0 amide bonds. The van der Waals surface area contributed by atoms with Crippen LogP contribution in [-0.2, 0) is 17.9 Å². The number of aromatic nitrogens is 2. The number of anilines is 1. The van der Waals surface area contributed by atoms with E-state index >= 15 is 0 Å². The molecule has 3 rings (SSSR count). The molecule has 29 heavy (non-hydrogen) atoms. The topological polar surface area (TPSA) is 65.9 Å². The van der Waals surface area contributed by atoms with E-state index in [0.29, 0.717) is 13.2 Å². The molecule has 156 valence electrons. The maximum atomic E-state index is 5.74. The Labute approximate surface area is 173 Å². The first-order chi connectivity index (χ1) is 14.3. The zero-order valence-corrected chi connectivity index (χ0v) is 17.5. The highest BCUT2D eigenvalue weighted by molar-refractivity contribution is 5.80. The third-order valence-electron chi connectivity index (χ3n) is 4.87. The van der Waals surface area contributed by atoms with Crippen molar-refractivity contribution in [1.82, 2.24) is 20.2 Å². The monoisotopic (exact) mass is 396 g/mol. The zero-order valence-electron chi connectivity index (χ0n) is 17.5. The Morgan fingerprint density at radius 1 is 1.03 bits per heavy atom. The minimum Gasteiger partial charge on any atom is -0.377 e. The summed E-state index contributed by atoms with van der Waals surface area (Å²) in [4.78, 5) is 18.2. The van der Waals surface area contributed by atoms with Gasteiger partial charge in [-0.1, -0.05) is 31.2 Å². The molecular formula is C22H32N6O. The van der Waals surface area contributed by atoms with Crippen LogP contribution in [0.25, 0.3) is 0 Å². The molecule has 0 unspecified atom stereocenters. The van der Waals surface area contributed by atoms with Gasteiger partial charge in [0.15, 0.2) is 5.96 Å². The number of ether oxygens (including phenoxy) is 1. The van der Waals surface area contributed by atoms with Gasteiger partial charge in [-0.05, 0) is 30.5 Å². The summed E-state index contributed by atoms with van der Waals surface area (Å²) in [5, 5.41) is 3.44. The van der Waals surface area contributed by atoms with Crippen LogP contribution in [0.2, 0.25) is 0 Å². The van der Waals surface area contributed by atoms with Gasteiger partial charge in [0, 0.05) is 51.7 Å². The molecule has 0 spiro atoms. The Kier molecular flexibility index (Phi) is 8.25. The lowest BCUT2D eigenvalue weighted by atomic mass is 10.1. The number of guanidine groups is 1. The SMILES string of the molecule is CCCOCc1ccccc1CN=C(NCC)N1CCN(c2ncccn2)CC1. The van der Waals surface area contributed by atoms with E-state index in [0.717, 1.165) is 57.7 Å². The Hall–Kier alpha value is -2.67. The lowest BCUT2D eigenvalue weighted by Crippen LogP contribution is -2.53. The van der Waals surface area contributed by atoms with Gasteiger partial charge < -0.3 is 19.9 Å². The second-order valence-corrected chi connectivity index (χ2v) is 7.01. The fourth-order valence-corrected chi connectivity index (χ4v) is 3.34. The Bertz CT molecular complexity index is 759. The molecule has 0 radical (unpaired) electrons. The van der Waals surface area contributed by atoms with Crippen molar-refractivity contribution in [2.24, 2.45) is 4.99 Å². The fourth-order valence-electron chi connectivity index (χ4n) is 3.34. The number of nitrogens with one attached hydrogen (secondary N) is 1. The van der Waals surface area contributed by atoms with Gasteiger partial charge in [-0.3, -0.25) is 0 Å². The minimum absolute atomic E-state index is 0.645. The van der Waals surface area contributed by atoms with Gasteiger partial charge in [0.2, 0.25) is 5.95 Å². The molecule has 1 fully saturated rings. The predicted molar refractivity (Wildman–Crippen MR) is 117 cm³/mol. The minimum atomic E-state index is 0.645. The Morgan fingerprint density at radius 3 is 2.45 bits per heavy atom. The summed E-state index contributed by atoms with van der Waals surface area (Å²) < 4.78 is 5.74. The van der Waals surface area contributed by atoms with Crippen molar-refractivity contribution in [3.05, 3.63) is 53.9 Å². The van der Waals surface area contributed by atoms with E-state index < -0.39 is 0 Å². The second-order valence-electron chi connectivity index (χ2n) is 7.01. The van der Waals surface area contributed by atoms with Crippen molar-refractivity contribution in [3.63, 3.8) is 0 Å². The second kappa shape index (κ2) is 11.4. The summed E-state index contributed by atoms with van der Waals surface area (Å²) in [5.74, 6) is 1.76. The summed E-state index contributed by atoms with van der Waals surface area (Å²) in [6.45, 7) is 10.7. The van der Waals surface area contributed by atoms with Crippen molar-refractivity contribution in [2.75, 3.05) is 44.2 Å². The standard InChI is InChI=1S/C22H32N6O/c1-3-16-29-18-20-9-6-5-8-19(20)17-26-21(23-4-2)27-12-14-28(15-13-27)22-24-10-7-11-25-22/h5-11H,3-4,12-18H2,1-2H3,(H,23,26). The molecule has 1 saturated heterocycles. The summed E-state index contributed by atoms with van der Waals surface area (Å²) >= 11 is 0. The van der Waals surface area contributed by atoms with Gasteiger partial charge in [-0.25, -0.2) is 15.0 Å². The molecule has 2 heterocycles. The maximum absolute atomic E-state index is 5.74. The highest BCUT2D eigenvalue weighted by atomic mass is 16.5. The first-order valence-corrected chi connectivity index (χ1v) is 10.5. The predicted octanol–water partition coefficient (Wildman–Crippen LogP) is 2.69. The number of hydrogen-bond donors (Lipinski definition) is 1. The van der Waals surface area contributed by atoms with Gasteiger partial charge in [0.1, 0.15) is 0 Å². The van der Waals surface area contributed by atoms with Crippen molar-refractivity contribution < 1.29 is 4.74 Å². The molecule has 0 saturated carbocycles. The molecule has 2 aromatic rings. The maximum Gasteiger partial charge on any atom is 0.225 e. The zero-order chi connectivity index (χ0) is 20.3. The number of rotatable bonds is 8. The lowest BCUT2D eigenvalue weighted by molar-refractivity contribution is 0.121. The number of nitrogens with zero attached hydrogens (tertiary/aromatic N) is 5. The van der Waals surface area contributed by atoms with E-state index in [-0.39, 0.29) is 0 Å². The molecular weight excluding hydrogens is 364 g/mol. The van der Waals surface area contributed by atoms with Crippen LogP contribution < -0.4 is 10.2 Å². The average Bonchev–Trinajstić information content (AvgIpc) is 2.78. The van der Waals surface area contributed by atoms with Crippen LogP contribution in [0.4, 0.5) is 5.95 Å². The van der Waals surface area contributed by atoms with E-state index in [1.165, 1.54) is 11.1 Å². The van der Waals surface area contributed by atoms with Gasteiger partial charge in [-0.2, -0.15) is 0 Å². The third kappa shape index (κ3) is 6.15. The third-order valence-corrected chi connectivity index (χ3v) is 4.87. The number of aliphatic imine (C=N–C) groups is 1. The highest BCUT2D eigenvalue weighted by Gasteiger charge is 2.21. The summed E-state index contributed by atoms with van der Waals surface area (Å²) in [7, 11) is 0. The van der Waals surface area contributed by atoms with E-state index in [9.17, 15) is 0 Å². The largest absolute Gasteiger partial charge is 0.377 e. The van der Waals surface area contributed by atoms with Crippen LogP contribution in [-0.4, -0.2) is 60.2 Å². The van der Waals surface area contributed by atoms with Gasteiger partial charge >= 0.3 is 0 Å². The highest BCUT2D eigenvalue weighted by Crippen LogP contribution is 2.13. The van der Waals surface area contributed by atoms with Crippen molar-refractivity contribution >= 4 is 11.9 Å². The van der Waals surface area contributed by atoms with E-state index in [2.05, 4.69) is 63.2 Å². The molecule has 1 aliphatic rings. The Morgan fingerprint density at radius 2 is 1.76 bits per heavy atom. The quantitative estimate of drug-likeness (QED) is 0.420. The molecule has 1 N–H and O–H groups in total. The number of benzene rings is 1. The number of hydrogen-bond acceptors (Lipinski definition) is 5. The average molecular weight is 397 g/mol.